The number of methoxy groups -OCH3 is 1. The van der Waals surface area contributed by atoms with Gasteiger partial charge in [0.15, 0.2) is 5.15 Å². The zero-order valence-electron chi connectivity index (χ0n) is 6.67. The first-order chi connectivity index (χ1) is 6.07. The molecule has 0 fully saturated rings. The third kappa shape index (κ3) is 1.84. The van der Waals surface area contributed by atoms with Crippen LogP contribution >= 0.6 is 23.2 Å². The smallest absolute Gasteiger partial charge is 0.341 e. The Labute approximate surface area is 84.6 Å². The molecular weight excluding hydrogens is 215 g/mol. The summed E-state index contributed by atoms with van der Waals surface area (Å²) in [5.41, 5.74) is 5.62. The summed E-state index contributed by atoms with van der Waals surface area (Å²) in [4.78, 5) is 14.7. The van der Waals surface area contributed by atoms with Crippen molar-refractivity contribution in [1.82, 2.24) is 4.98 Å². The van der Waals surface area contributed by atoms with Gasteiger partial charge in [0, 0.05) is 6.20 Å². The van der Waals surface area contributed by atoms with Crippen LogP contribution in [-0.2, 0) is 4.74 Å². The number of ether oxygens (including phenoxy) is 1. The maximum Gasteiger partial charge on any atom is 0.341 e. The standard InChI is InChI=1S/C7H6Cl2N2O2/c1-13-7(12)3-2-11-6(9)5(10)4(3)8/h2H,10H2,1H3. The number of rotatable bonds is 1. The summed E-state index contributed by atoms with van der Waals surface area (Å²) >= 11 is 11.3. The SMILES string of the molecule is COC(=O)c1cnc(Cl)c(N)c1Cl. The highest BCUT2D eigenvalue weighted by molar-refractivity contribution is 6.39. The predicted molar refractivity (Wildman–Crippen MR) is 50.0 cm³/mol. The van der Waals surface area contributed by atoms with Gasteiger partial charge < -0.3 is 10.5 Å². The average molecular weight is 221 g/mol. The van der Waals surface area contributed by atoms with Crippen LogP contribution in [0.3, 0.4) is 0 Å². The summed E-state index contributed by atoms with van der Waals surface area (Å²) in [6.07, 6.45) is 1.22. The second-order valence-corrected chi connectivity index (χ2v) is 2.92. The van der Waals surface area contributed by atoms with Crippen LogP contribution in [0.2, 0.25) is 10.2 Å². The van der Waals surface area contributed by atoms with Crippen molar-refractivity contribution in [3.8, 4) is 0 Å². The van der Waals surface area contributed by atoms with E-state index < -0.39 is 5.97 Å². The maximum absolute atomic E-state index is 11.1. The van der Waals surface area contributed by atoms with Gasteiger partial charge in [0.25, 0.3) is 0 Å². The van der Waals surface area contributed by atoms with Gasteiger partial charge >= 0.3 is 5.97 Å². The van der Waals surface area contributed by atoms with E-state index in [1.54, 1.807) is 0 Å². The van der Waals surface area contributed by atoms with Crippen molar-refractivity contribution in [2.45, 2.75) is 0 Å². The summed E-state index contributed by atoms with van der Waals surface area (Å²) in [5.74, 6) is -0.596. The van der Waals surface area contributed by atoms with E-state index in [0.29, 0.717) is 0 Å². The molecule has 0 saturated carbocycles. The average Bonchev–Trinajstić information content (AvgIpc) is 2.13. The quantitative estimate of drug-likeness (QED) is 0.579. The number of halogens is 2. The fourth-order valence-electron chi connectivity index (χ4n) is 0.735. The van der Waals surface area contributed by atoms with E-state index in [1.807, 2.05) is 0 Å². The van der Waals surface area contributed by atoms with Crippen LogP contribution in [0, 0.1) is 0 Å². The zero-order valence-corrected chi connectivity index (χ0v) is 8.19. The molecule has 2 N–H and O–H groups in total. The summed E-state index contributed by atoms with van der Waals surface area (Å²) in [6.45, 7) is 0. The number of pyridine rings is 1. The number of nitrogen functional groups attached to an aromatic ring is 1. The molecule has 0 bridgehead atoms. The lowest BCUT2D eigenvalue weighted by Crippen LogP contribution is -2.05. The molecule has 13 heavy (non-hydrogen) atoms. The van der Waals surface area contributed by atoms with Gasteiger partial charge in [0.05, 0.1) is 23.4 Å². The molecule has 0 aromatic carbocycles. The minimum Gasteiger partial charge on any atom is -0.465 e. The topological polar surface area (TPSA) is 65.2 Å². The number of carbonyl (C=O) groups excluding carboxylic acids is 1. The fraction of sp³-hybridized carbons (Fsp3) is 0.143. The Bertz CT molecular complexity index is 355. The second kappa shape index (κ2) is 3.81. The molecule has 0 aliphatic rings. The summed E-state index contributed by atoms with van der Waals surface area (Å²) in [7, 11) is 1.24. The Morgan fingerprint density at radius 2 is 2.23 bits per heavy atom. The van der Waals surface area contributed by atoms with Crippen LogP contribution in [0.5, 0.6) is 0 Å². The van der Waals surface area contributed by atoms with Crippen LogP contribution in [0.25, 0.3) is 0 Å². The number of carbonyl (C=O) groups is 1. The molecule has 0 unspecified atom stereocenters. The van der Waals surface area contributed by atoms with E-state index in [-0.39, 0.29) is 21.4 Å². The van der Waals surface area contributed by atoms with E-state index in [4.69, 9.17) is 28.9 Å². The Kier molecular flexibility index (Phi) is 2.95. The minimum atomic E-state index is -0.596. The minimum absolute atomic E-state index is 0.0619. The van der Waals surface area contributed by atoms with E-state index in [2.05, 4.69) is 9.72 Å². The second-order valence-electron chi connectivity index (χ2n) is 2.18. The van der Waals surface area contributed by atoms with Crippen molar-refractivity contribution in [3.05, 3.63) is 21.9 Å². The molecular formula is C7H6Cl2N2O2. The summed E-state index contributed by atoms with van der Waals surface area (Å²) in [5, 5.41) is 0.129. The monoisotopic (exact) mass is 220 g/mol. The summed E-state index contributed by atoms with van der Waals surface area (Å²) in [6, 6.07) is 0. The number of nitrogens with two attached hydrogens (primary N) is 1. The lowest BCUT2D eigenvalue weighted by molar-refractivity contribution is 0.0600. The van der Waals surface area contributed by atoms with Gasteiger partial charge in [-0.15, -0.1) is 0 Å². The molecule has 0 saturated heterocycles. The highest BCUT2D eigenvalue weighted by atomic mass is 35.5. The molecule has 0 aliphatic carbocycles. The summed E-state index contributed by atoms with van der Waals surface area (Å²) < 4.78 is 4.45. The lowest BCUT2D eigenvalue weighted by Gasteiger charge is -2.04. The van der Waals surface area contributed by atoms with E-state index in [1.165, 1.54) is 13.3 Å². The molecule has 0 atom stereocenters. The Morgan fingerprint density at radius 3 is 2.77 bits per heavy atom. The first kappa shape index (κ1) is 10.1. The molecule has 1 aromatic rings. The van der Waals surface area contributed by atoms with Crippen molar-refractivity contribution in [2.24, 2.45) is 0 Å². The number of hydrogen-bond donors (Lipinski definition) is 1. The largest absolute Gasteiger partial charge is 0.465 e. The first-order valence-electron chi connectivity index (χ1n) is 3.25. The number of aromatic nitrogens is 1. The van der Waals surface area contributed by atoms with Gasteiger partial charge in [-0.3, -0.25) is 0 Å². The number of esters is 1. The van der Waals surface area contributed by atoms with Crippen molar-refractivity contribution < 1.29 is 9.53 Å². The van der Waals surface area contributed by atoms with Gasteiger partial charge in [-0.2, -0.15) is 0 Å². The third-order valence-electron chi connectivity index (χ3n) is 1.41. The molecule has 1 aromatic heterocycles. The normalized spacial score (nSPS) is 9.77. The highest BCUT2D eigenvalue weighted by Crippen LogP contribution is 2.28. The number of hydrogen-bond acceptors (Lipinski definition) is 4. The molecule has 0 amide bonds. The number of nitrogens with zero attached hydrogens (tertiary/aromatic N) is 1. The predicted octanol–water partition coefficient (Wildman–Crippen LogP) is 1.76. The van der Waals surface area contributed by atoms with Crippen molar-refractivity contribution in [3.63, 3.8) is 0 Å². The van der Waals surface area contributed by atoms with Gasteiger partial charge in [-0.05, 0) is 0 Å². The van der Waals surface area contributed by atoms with Gasteiger partial charge in [0.1, 0.15) is 0 Å². The van der Waals surface area contributed by atoms with Crippen LogP contribution in [0.4, 0.5) is 5.69 Å². The Morgan fingerprint density at radius 1 is 1.62 bits per heavy atom. The van der Waals surface area contributed by atoms with E-state index >= 15 is 0 Å². The lowest BCUT2D eigenvalue weighted by atomic mass is 10.2. The zero-order chi connectivity index (χ0) is 10.0. The molecule has 6 heteroatoms. The van der Waals surface area contributed by atoms with E-state index in [0.717, 1.165) is 0 Å². The van der Waals surface area contributed by atoms with Crippen LogP contribution in [0.15, 0.2) is 6.20 Å². The van der Waals surface area contributed by atoms with Crippen LogP contribution in [-0.4, -0.2) is 18.1 Å². The van der Waals surface area contributed by atoms with Gasteiger partial charge in [0.2, 0.25) is 0 Å². The first-order valence-corrected chi connectivity index (χ1v) is 4.01. The number of anilines is 1. The highest BCUT2D eigenvalue weighted by Gasteiger charge is 2.15. The molecule has 0 radical (unpaired) electrons. The third-order valence-corrected chi connectivity index (χ3v) is 2.12. The fourth-order valence-corrected chi connectivity index (χ4v) is 1.14. The van der Waals surface area contributed by atoms with Crippen molar-refractivity contribution in [1.29, 1.82) is 0 Å². The molecule has 0 aliphatic heterocycles. The van der Waals surface area contributed by atoms with E-state index in [9.17, 15) is 4.79 Å². The van der Waals surface area contributed by atoms with Crippen LogP contribution < -0.4 is 5.73 Å². The maximum atomic E-state index is 11.1. The molecule has 4 nitrogen and oxygen atoms in total. The van der Waals surface area contributed by atoms with Crippen molar-refractivity contribution in [2.75, 3.05) is 12.8 Å². The van der Waals surface area contributed by atoms with Crippen LogP contribution in [0.1, 0.15) is 10.4 Å². The molecule has 70 valence electrons. The molecule has 0 spiro atoms. The van der Waals surface area contributed by atoms with Crippen molar-refractivity contribution >= 4 is 34.9 Å². The molecule has 1 rings (SSSR count). The molecule has 1 heterocycles. The Hall–Kier alpha value is -1.00. The van der Waals surface area contributed by atoms with Gasteiger partial charge in [-0.25, -0.2) is 9.78 Å². The van der Waals surface area contributed by atoms with Gasteiger partial charge in [-0.1, -0.05) is 23.2 Å². The Balaban J connectivity index is 3.26.